The molecule has 0 aliphatic heterocycles. The Hall–Kier alpha value is -3.21. The molecule has 0 radical (unpaired) electrons. The molecule has 0 aliphatic rings. The number of carbonyl (C=O) groups excluding carboxylic acids is 2. The van der Waals surface area contributed by atoms with Gasteiger partial charge in [0, 0.05) is 29.1 Å². The largest absolute Gasteiger partial charge is 0.478 e. The number of Topliss-reactive ketones (excluding diaryl/α,β-unsaturated/α-hetero) is 1. The van der Waals surface area contributed by atoms with Crippen LogP contribution >= 0.6 is 0 Å². The minimum Gasteiger partial charge on any atom is -0.478 e. The number of rotatable bonds is 5. The first-order valence-corrected chi connectivity index (χ1v) is 6.90. The zero-order valence-electron chi connectivity index (χ0n) is 12.5. The van der Waals surface area contributed by atoms with Crippen molar-refractivity contribution in [2.75, 3.05) is 4.90 Å². The summed E-state index contributed by atoms with van der Waals surface area (Å²) in [4.78, 5) is 35.7. The number of hydrogen-bond donors (Lipinski definition) is 1. The van der Waals surface area contributed by atoms with Gasteiger partial charge in [0.2, 0.25) is 0 Å². The van der Waals surface area contributed by atoms with Gasteiger partial charge >= 0.3 is 5.97 Å². The molecular weight excluding hydrogens is 294 g/mol. The van der Waals surface area contributed by atoms with Crippen LogP contribution in [-0.2, 0) is 9.59 Å². The van der Waals surface area contributed by atoms with Gasteiger partial charge in [-0.1, -0.05) is 18.2 Å². The maximum atomic E-state index is 12.4. The number of anilines is 2. The number of aliphatic carboxylic acids is 1. The third-order valence-corrected chi connectivity index (χ3v) is 3.14. The summed E-state index contributed by atoms with van der Waals surface area (Å²) in [7, 11) is 0. The van der Waals surface area contributed by atoms with E-state index in [0.717, 1.165) is 12.2 Å². The molecule has 1 amide bonds. The quantitative estimate of drug-likeness (QED) is 0.680. The monoisotopic (exact) mass is 309 g/mol. The minimum atomic E-state index is -1.20. The molecule has 0 aromatic heterocycles. The fourth-order valence-corrected chi connectivity index (χ4v) is 2.04. The third-order valence-electron chi connectivity index (χ3n) is 3.14. The number of carboxylic acid groups (broad SMARTS) is 1. The predicted octanol–water partition coefficient (Wildman–Crippen LogP) is 3.19. The van der Waals surface area contributed by atoms with E-state index in [0.29, 0.717) is 16.9 Å². The molecule has 2 rings (SSSR count). The molecular formula is C18H15NO4. The average molecular weight is 309 g/mol. The number of ketones is 1. The van der Waals surface area contributed by atoms with Gasteiger partial charge in [0.15, 0.2) is 5.78 Å². The van der Waals surface area contributed by atoms with Gasteiger partial charge in [-0.25, -0.2) is 4.79 Å². The summed E-state index contributed by atoms with van der Waals surface area (Å²) in [5, 5.41) is 8.69. The number of hydrogen-bond acceptors (Lipinski definition) is 3. The first-order chi connectivity index (χ1) is 11.0. The Kier molecular flexibility index (Phi) is 5.04. The molecule has 5 nitrogen and oxygen atoms in total. The van der Waals surface area contributed by atoms with Crippen LogP contribution in [0.25, 0.3) is 0 Å². The van der Waals surface area contributed by atoms with Gasteiger partial charge in [0.1, 0.15) is 0 Å². The van der Waals surface area contributed by atoms with Gasteiger partial charge in [-0.05, 0) is 43.3 Å². The van der Waals surface area contributed by atoms with Gasteiger partial charge in [0.25, 0.3) is 5.91 Å². The van der Waals surface area contributed by atoms with Gasteiger partial charge in [-0.3, -0.25) is 14.5 Å². The maximum Gasteiger partial charge on any atom is 0.328 e. The Balaban J connectivity index is 2.43. The highest BCUT2D eigenvalue weighted by molar-refractivity contribution is 6.09. The van der Waals surface area contributed by atoms with Crippen molar-refractivity contribution in [3.8, 4) is 0 Å². The molecule has 0 saturated heterocycles. The molecule has 2 aromatic carbocycles. The second-order valence-electron chi connectivity index (χ2n) is 4.78. The Bertz CT molecular complexity index is 748. The summed E-state index contributed by atoms with van der Waals surface area (Å²) in [6, 6.07) is 15.4. The van der Waals surface area contributed by atoms with Crippen LogP contribution in [0.3, 0.4) is 0 Å². The number of para-hydroxylation sites is 1. The number of nitrogens with zero attached hydrogens (tertiary/aromatic N) is 1. The number of amides is 1. The lowest BCUT2D eigenvalue weighted by atomic mass is 10.1. The van der Waals surface area contributed by atoms with Crippen molar-refractivity contribution in [3.63, 3.8) is 0 Å². The van der Waals surface area contributed by atoms with Crippen LogP contribution in [0, 0.1) is 0 Å². The molecule has 0 aliphatic carbocycles. The Morgan fingerprint density at radius 3 is 1.96 bits per heavy atom. The van der Waals surface area contributed by atoms with Crippen molar-refractivity contribution < 1.29 is 19.5 Å². The van der Waals surface area contributed by atoms with E-state index in [-0.39, 0.29) is 5.78 Å². The number of carboxylic acids is 1. The van der Waals surface area contributed by atoms with E-state index >= 15 is 0 Å². The van der Waals surface area contributed by atoms with E-state index in [9.17, 15) is 14.4 Å². The van der Waals surface area contributed by atoms with E-state index in [1.165, 1.54) is 11.8 Å². The van der Waals surface area contributed by atoms with Crippen LogP contribution in [0.1, 0.15) is 17.3 Å². The van der Waals surface area contributed by atoms with Crippen molar-refractivity contribution in [3.05, 3.63) is 72.3 Å². The second kappa shape index (κ2) is 7.17. The van der Waals surface area contributed by atoms with Crippen LogP contribution in [0.5, 0.6) is 0 Å². The van der Waals surface area contributed by atoms with E-state index < -0.39 is 11.9 Å². The van der Waals surface area contributed by atoms with E-state index in [4.69, 9.17) is 5.11 Å². The average Bonchev–Trinajstić information content (AvgIpc) is 2.54. The summed E-state index contributed by atoms with van der Waals surface area (Å²) in [5.74, 6) is -1.76. The van der Waals surface area contributed by atoms with Gasteiger partial charge in [-0.2, -0.15) is 0 Å². The lowest BCUT2D eigenvalue weighted by Gasteiger charge is -2.21. The molecule has 0 saturated carbocycles. The van der Waals surface area contributed by atoms with E-state index in [2.05, 4.69) is 0 Å². The highest BCUT2D eigenvalue weighted by Gasteiger charge is 2.16. The molecule has 0 atom stereocenters. The minimum absolute atomic E-state index is 0.0695. The third kappa shape index (κ3) is 4.14. The molecule has 0 heterocycles. The number of benzene rings is 2. The Labute approximate surface area is 133 Å². The molecule has 23 heavy (non-hydrogen) atoms. The standard InChI is InChI=1S/C18H15NO4/c1-13(20)14-7-9-16(10-8-14)19(15-5-3-2-4-6-15)17(21)11-12-18(22)23/h2-12H,1H3,(H,22,23). The zero-order valence-corrected chi connectivity index (χ0v) is 12.5. The second-order valence-corrected chi connectivity index (χ2v) is 4.78. The molecule has 0 spiro atoms. The van der Waals surface area contributed by atoms with Crippen LogP contribution in [0.4, 0.5) is 11.4 Å². The summed E-state index contributed by atoms with van der Waals surface area (Å²) in [6.07, 6.45) is 1.79. The lowest BCUT2D eigenvalue weighted by molar-refractivity contribution is -0.131. The zero-order chi connectivity index (χ0) is 16.8. The van der Waals surface area contributed by atoms with Crippen LogP contribution in [-0.4, -0.2) is 22.8 Å². The number of carbonyl (C=O) groups is 3. The van der Waals surface area contributed by atoms with E-state index in [1.54, 1.807) is 48.5 Å². The van der Waals surface area contributed by atoms with Crippen molar-refractivity contribution >= 4 is 29.0 Å². The normalized spacial score (nSPS) is 10.5. The molecule has 1 N–H and O–H groups in total. The van der Waals surface area contributed by atoms with Gasteiger partial charge < -0.3 is 5.11 Å². The smallest absolute Gasteiger partial charge is 0.328 e. The fraction of sp³-hybridized carbons (Fsp3) is 0.0556. The molecule has 5 heteroatoms. The van der Waals surface area contributed by atoms with Crippen molar-refractivity contribution in [1.29, 1.82) is 0 Å². The molecule has 2 aromatic rings. The summed E-state index contributed by atoms with van der Waals surface area (Å²) in [5.41, 5.74) is 1.68. The van der Waals surface area contributed by atoms with E-state index in [1.807, 2.05) is 6.07 Å². The van der Waals surface area contributed by atoms with Crippen molar-refractivity contribution in [2.45, 2.75) is 6.92 Å². The highest BCUT2D eigenvalue weighted by atomic mass is 16.4. The first kappa shape index (κ1) is 16.2. The molecule has 0 unspecified atom stereocenters. The maximum absolute atomic E-state index is 12.4. The molecule has 0 fully saturated rings. The lowest BCUT2D eigenvalue weighted by Crippen LogP contribution is -2.24. The predicted molar refractivity (Wildman–Crippen MR) is 86.8 cm³/mol. The van der Waals surface area contributed by atoms with Crippen LogP contribution in [0.15, 0.2) is 66.7 Å². The molecule has 0 bridgehead atoms. The molecule has 116 valence electrons. The fourth-order valence-electron chi connectivity index (χ4n) is 2.04. The van der Waals surface area contributed by atoms with Gasteiger partial charge in [-0.15, -0.1) is 0 Å². The topological polar surface area (TPSA) is 74.7 Å². The Morgan fingerprint density at radius 2 is 1.43 bits per heavy atom. The van der Waals surface area contributed by atoms with Crippen molar-refractivity contribution in [2.24, 2.45) is 0 Å². The summed E-state index contributed by atoms with van der Waals surface area (Å²) < 4.78 is 0. The summed E-state index contributed by atoms with van der Waals surface area (Å²) >= 11 is 0. The van der Waals surface area contributed by atoms with Crippen molar-refractivity contribution in [1.82, 2.24) is 0 Å². The Morgan fingerprint density at radius 1 is 0.870 bits per heavy atom. The summed E-state index contributed by atoms with van der Waals surface area (Å²) in [6.45, 7) is 1.46. The van der Waals surface area contributed by atoms with Crippen LogP contribution < -0.4 is 4.90 Å². The SMILES string of the molecule is CC(=O)c1ccc(N(C(=O)C=CC(=O)O)c2ccccc2)cc1. The highest BCUT2D eigenvalue weighted by Crippen LogP contribution is 2.26. The van der Waals surface area contributed by atoms with Gasteiger partial charge in [0.05, 0.1) is 0 Å². The first-order valence-electron chi connectivity index (χ1n) is 6.90. The van der Waals surface area contributed by atoms with Crippen LogP contribution in [0.2, 0.25) is 0 Å².